The van der Waals surface area contributed by atoms with Crippen molar-refractivity contribution in [2.45, 2.75) is 13.3 Å². The molecule has 1 heterocycles. The Hall–Kier alpha value is -1.04. The van der Waals surface area contributed by atoms with Crippen molar-refractivity contribution in [2.75, 3.05) is 0 Å². The molecule has 1 N–H and O–H groups in total. The van der Waals surface area contributed by atoms with Gasteiger partial charge in [-0.3, -0.25) is 0 Å². The van der Waals surface area contributed by atoms with Crippen LogP contribution in [0, 0.1) is 6.92 Å². The molecule has 1 rings (SSSR count). The molecule has 0 amide bonds. The summed E-state index contributed by atoms with van der Waals surface area (Å²) in [7, 11) is 0. The number of carboxylic acids is 1. The maximum absolute atomic E-state index is 12.4. The van der Waals surface area contributed by atoms with Crippen LogP contribution in [0.3, 0.4) is 0 Å². The molecule has 6 heteroatoms. The smallest absolute Gasteiger partial charge is 0.355 e. The van der Waals surface area contributed by atoms with Crippen molar-refractivity contribution < 1.29 is 18.7 Å². The molecule has 0 atom stereocenters. The largest absolute Gasteiger partial charge is 0.476 e. The number of aromatic carboxylic acids is 1. The number of hydrogen-bond donors (Lipinski definition) is 1. The highest BCUT2D eigenvalue weighted by Gasteiger charge is 2.22. The van der Waals surface area contributed by atoms with E-state index in [0.717, 1.165) is 0 Å². The Labute approximate surface area is 86.9 Å². The summed E-state index contributed by atoms with van der Waals surface area (Å²) in [4.78, 5) is 14.2. The monoisotopic (exact) mass is 265 g/mol. The van der Waals surface area contributed by atoms with Crippen LogP contribution in [0.2, 0.25) is 0 Å². The molecular weight excluding hydrogens is 260 g/mol. The zero-order valence-electron chi connectivity index (χ0n) is 7.09. The topological polar surface area (TPSA) is 50.2 Å². The Morgan fingerprint density at radius 3 is 2.64 bits per heavy atom. The van der Waals surface area contributed by atoms with E-state index in [4.69, 9.17) is 5.11 Å². The summed E-state index contributed by atoms with van der Waals surface area (Å²) < 4.78 is 25.0. The lowest BCUT2D eigenvalue weighted by Gasteiger charge is -2.07. The number of rotatable bonds is 2. The molecule has 1 aromatic heterocycles. The molecule has 0 saturated carbocycles. The maximum Gasteiger partial charge on any atom is 0.355 e. The second kappa shape index (κ2) is 4.00. The van der Waals surface area contributed by atoms with Gasteiger partial charge in [-0.15, -0.1) is 0 Å². The van der Waals surface area contributed by atoms with Crippen molar-refractivity contribution in [3.05, 3.63) is 27.5 Å². The van der Waals surface area contributed by atoms with Crippen molar-refractivity contribution in [1.82, 2.24) is 4.98 Å². The Morgan fingerprint density at radius 1 is 1.64 bits per heavy atom. The maximum atomic E-state index is 12.4. The predicted octanol–water partition coefficient (Wildman–Crippen LogP) is 2.79. The van der Waals surface area contributed by atoms with Crippen molar-refractivity contribution >= 4 is 21.9 Å². The van der Waals surface area contributed by atoms with Gasteiger partial charge in [0.1, 0.15) is 0 Å². The molecule has 3 nitrogen and oxygen atoms in total. The summed E-state index contributed by atoms with van der Waals surface area (Å²) in [6.07, 6.45) is -2.86. The fourth-order valence-electron chi connectivity index (χ4n) is 1.01. The fourth-order valence-corrected chi connectivity index (χ4v) is 1.71. The highest BCUT2D eigenvalue weighted by atomic mass is 79.9. The Morgan fingerprint density at radius 2 is 2.21 bits per heavy atom. The van der Waals surface area contributed by atoms with Gasteiger partial charge in [0, 0.05) is 10.2 Å². The molecule has 0 saturated heterocycles. The van der Waals surface area contributed by atoms with Gasteiger partial charge in [0.25, 0.3) is 6.43 Å². The van der Waals surface area contributed by atoms with Gasteiger partial charge >= 0.3 is 5.97 Å². The van der Waals surface area contributed by atoms with Crippen LogP contribution < -0.4 is 0 Å². The summed E-state index contributed by atoms with van der Waals surface area (Å²) in [5, 5.41) is 8.65. The van der Waals surface area contributed by atoms with Crippen LogP contribution >= 0.6 is 15.9 Å². The summed E-state index contributed by atoms with van der Waals surface area (Å²) in [5.41, 5.74) is -0.811. The minimum absolute atomic E-state index is 0.0670. The number of halogens is 3. The van der Waals surface area contributed by atoms with E-state index in [9.17, 15) is 13.6 Å². The first kappa shape index (κ1) is 11.0. The molecule has 76 valence electrons. The Bertz CT molecular complexity index is 382. The van der Waals surface area contributed by atoms with E-state index in [0.29, 0.717) is 5.69 Å². The highest BCUT2D eigenvalue weighted by Crippen LogP contribution is 2.30. The lowest BCUT2D eigenvalue weighted by Crippen LogP contribution is -2.08. The molecule has 0 bridgehead atoms. The van der Waals surface area contributed by atoms with Crippen LogP contribution in [-0.2, 0) is 0 Å². The molecule has 14 heavy (non-hydrogen) atoms. The number of carbonyl (C=O) groups is 1. The first-order valence-corrected chi connectivity index (χ1v) is 4.41. The van der Waals surface area contributed by atoms with Crippen LogP contribution in [0.15, 0.2) is 10.5 Å². The number of nitrogens with zero attached hydrogens (tertiary/aromatic N) is 1. The van der Waals surface area contributed by atoms with Gasteiger partial charge in [-0.25, -0.2) is 18.6 Å². The lowest BCUT2D eigenvalue weighted by atomic mass is 10.2. The number of carboxylic acid groups (broad SMARTS) is 1. The van der Waals surface area contributed by atoms with Gasteiger partial charge in [-0.2, -0.15) is 0 Å². The molecule has 0 unspecified atom stereocenters. The Kier molecular flexibility index (Phi) is 3.15. The summed E-state index contributed by atoms with van der Waals surface area (Å²) in [6, 6.07) is 1.36. The minimum Gasteiger partial charge on any atom is -0.476 e. The highest BCUT2D eigenvalue weighted by molar-refractivity contribution is 9.10. The predicted molar refractivity (Wildman–Crippen MR) is 48.6 cm³/mol. The molecule has 0 aromatic carbocycles. The normalized spacial score (nSPS) is 10.6. The van der Waals surface area contributed by atoms with Gasteiger partial charge in [0.2, 0.25) is 0 Å². The molecule has 0 radical (unpaired) electrons. The SMILES string of the molecule is Cc1cc(Br)c(C(F)F)c(C(=O)O)n1. The van der Waals surface area contributed by atoms with E-state index in [1.807, 2.05) is 0 Å². The lowest BCUT2D eigenvalue weighted by molar-refractivity contribution is 0.0676. The second-order valence-electron chi connectivity index (χ2n) is 2.61. The molecule has 0 aliphatic rings. The number of aromatic nitrogens is 1. The zero-order chi connectivity index (χ0) is 10.9. The van der Waals surface area contributed by atoms with E-state index in [2.05, 4.69) is 20.9 Å². The van der Waals surface area contributed by atoms with Crippen LogP contribution in [-0.4, -0.2) is 16.1 Å². The van der Waals surface area contributed by atoms with Crippen molar-refractivity contribution in [3.63, 3.8) is 0 Å². The molecule has 0 aliphatic carbocycles. The molecule has 0 aliphatic heterocycles. The number of pyridine rings is 1. The van der Waals surface area contributed by atoms with Crippen LogP contribution in [0.5, 0.6) is 0 Å². The number of aryl methyl sites for hydroxylation is 1. The average Bonchev–Trinajstić information content (AvgIpc) is 2.01. The molecule has 0 spiro atoms. The second-order valence-corrected chi connectivity index (χ2v) is 3.47. The molecular formula is C8H6BrF2NO2. The first-order chi connectivity index (χ1) is 6.43. The number of alkyl halides is 2. The van der Waals surface area contributed by atoms with Gasteiger partial charge in [-0.05, 0) is 13.0 Å². The minimum atomic E-state index is -2.86. The summed E-state index contributed by atoms with van der Waals surface area (Å²) in [6.45, 7) is 1.53. The van der Waals surface area contributed by atoms with Crippen LogP contribution in [0.4, 0.5) is 8.78 Å². The molecule has 0 fully saturated rings. The Balaban J connectivity index is 3.44. The van der Waals surface area contributed by atoms with Gasteiger partial charge in [-0.1, -0.05) is 15.9 Å². The van der Waals surface area contributed by atoms with Crippen molar-refractivity contribution in [2.24, 2.45) is 0 Å². The average molecular weight is 266 g/mol. The van der Waals surface area contributed by atoms with Crippen molar-refractivity contribution in [1.29, 1.82) is 0 Å². The number of hydrogen-bond acceptors (Lipinski definition) is 2. The molecule has 1 aromatic rings. The quantitative estimate of drug-likeness (QED) is 0.895. The van der Waals surface area contributed by atoms with Gasteiger partial charge < -0.3 is 5.11 Å². The third kappa shape index (κ3) is 2.06. The van der Waals surface area contributed by atoms with Crippen molar-refractivity contribution in [3.8, 4) is 0 Å². The van der Waals surface area contributed by atoms with Gasteiger partial charge in [0.05, 0.1) is 5.56 Å². The van der Waals surface area contributed by atoms with E-state index in [1.165, 1.54) is 13.0 Å². The van der Waals surface area contributed by atoms with Crippen LogP contribution in [0.25, 0.3) is 0 Å². The fraction of sp³-hybridized carbons (Fsp3) is 0.250. The van der Waals surface area contributed by atoms with Crippen LogP contribution in [0.1, 0.15) is 28.2 Å². The summed E-state index contributed by atoms with van der Waals surface area (Å²) in [5.74, 6) is -1.45. The van der Waals surface area contributed by atoms with Gasteiger partial charge in [0.15, 0.2) is 5.69 Å². The zero-order valence-corrected chi connectivity index (χ0v) is 8.68. The first-order valence-electron chi connectivity index (χ1n) is 3.62. The van der Waals surface area contributed by atoms with E-state index >= 15 is 0 Å². The standard InChI is InChI=1S/C8H6BrF2NO2/c1-3-2-4(9)5(7(10)11)6(12-3)8(13)14/h2,7H,1H3,(H,13,14). The summed E-state index contributed by atoms with van der Waals surface area (Å²) >= 11 is 2.88. The third-order valence-electron chi connectivity index (χ3n) is 1.56. The van der Waals surface area contributed by atoms with E-state index in [-0.39, 0.29) is 4.47 Å². The van der Waals surface area contributed by atoms with E-state index < -0.39 is 23.7 Å². The third-order valence-corrected chi connectivity index (χ3v) is 2.21. The van der Waals surface area contributed by atoms with E-state index in [1.54, 1.807) is 0 Å².